The number of carboxylic acid groups (broad SMARTS) is 1. The van der Waals surface area contributed by atoms with Crippen molar-refractivity contribution in [1.29, 1.82) is 0 Å². The maximum absolute atomic E-state index is 11.1. The number of carboxylic acids is 1. The normalized spacial score (nSPS) is 10.8. The number of halogens is 1. The molecule has 0 saturated heterocycles. The minimum Gasteiger partial charge on any atom is -0.481 e. The Kier molecular flexibility index (Phi) is 5.91. The quantitative estimate of drug-likeness (QED) is 0.915. The van der Waals surface area contributed by atoms with E-state index >= 15 is 0 Å². The third-order valence-electron chi connectivity index (χ3n) is 3.38. The maximum Gasteiger partial charge on any atom is 0.309 e. The zero-order valence-corrected chi connectivity index (χ0v) is 13.1. The molecule has 0 amide bonds. The smallest absolute Gasteiger partial charge is 0.309 e. The average molecular weight is 306 g/mol. The Balaban J connectivity index is 0.00000220. The van der Waals surface area contributed by atoms with Crippen LogP contribution in [0.15, 0.2) is 48.8 Å². The Bertz CT molecular complexity index is 579. The molecule has 1 aromatic heterocycles. The van der Waals surface area contributed by atoms with Gasteiger partial charge in [0.1, 0.15) is 0 Å². The van der Waals surface area contributed by atoms with Crippen molar-refractivity contribution < 1.29 is 9.90 Å². The van der Waals surface area contributed by atoms with Crippen LogP contribution < -0.4 is 0 Å². The monoisotopic (exact) mass is 305 g/mol. The van der Waals surface area contributed by atoms with Crippen LogP contribution in [0.4, 0.5) is 0 Å². The fourth-order valence-corrected chi connectivity index (χ4v) is 2.10. The summed E-state index contributed by atoms with van der Waals surface area (Å²) >= 11 is 0. The summed E-state index contributed by atoms with van der Waals surface area (Å²) < 4.78 is 0. The van der Waals surface area contributed by atoms with Gasteiger partial charge in [0.25, 0.3) is 0 Å². The first-order chi connectivity index (χ1) is 9.47. The van der Waals surface area contributed by atoms with Gasteiger partial charge in [0.2, 0.25) is 0 Å². The van der Waals surface area contributed by atoms with Gasteiger partial charge in [0, 0.05) is 12.4 Å². The highest BCUT2D eigenvalue weighted by Crippen LogP contribution is 2.22. The zero-order valence-electron chi connectivity index (χ0n) is 12.2. The molecule has 0 aliphatic rings. The van der Waals surface area contributed by atoms with Crippen molar-refractivity contribution in [3.63, 3.8) is 0 Å². The molecule has 0 atom stereocenters. The predicted molar refractivity (Wildman–Crippen MR) is 85.9 cm³/mol. The van der Waals surface area contributed by atoms with E-state index in [2.05, 4.69) is 23.2 Å². The molecule has 0 aliphatic heterocycles. The van der Waals surface area contributed by atoms with Crippen LogP contribution >= 0.6 is 12.4 Å². The molecule has 0 aliphatic carbocycles. The van der Waals surface area contributed by atoms with Gasteiger partial charge < -0.3 is 5.11 Å². The number of pyridine rings is 1. The first-order valence-corrected chi connectivity index (χ1v) is 6.67. The minimum atomic E-state index is -0.767. The molecular formula is C17H20ClNO2. The highest BCUT2D eigenvalue weighted by molar-refractivity contribution is 5.85. The largest absolute Gasteiger partial charge is 0.481 e. The summed E-state index contributed by atoms with van der Waals surface area (Å²) in [7, 11) is 0. The molecule has 3 nitrogen and oxygen atoms in total. The molecule has 1 N–H and O–H groups in total. The number of aliphatic carboxylic acids is 1. The second kappa shape index (κ2) is 7.23. The van der Waals surface area contributed by atoms with Crippen molar-refractivity contribution >= 4 is 18.4 Å². The molecule has 2 rings (SSSR count). The fourth-order valence-electron chi connectivity index (χ4n) is 2.10. The van der Waals surface area contributed by atoms with Gasteiger partial charge in [-0.1, -0.05) is 30.3 Å². The van der Waals surface area contributed by atoms with E-state index in [-0.39, 0.29) is 12.4 Å². The lowest BCUT2D eigenvalue weighted by Crippen LogP contribution is -2.26. The standard InChI is InChI=1S/C17H19NO2.ClH/c1-17(2,16(19)20)11-14-7-5-13(6-8-14)10-15-4-3-9-18-12-15;/h3-9,12H,10-11H2,1-2H3,(H,19,20);1H. The van der Waals surface area contributed by atoms with Crippen molar-refractivity contribution in [3.8, 4) is 0 Å². The van der Waals surface area contributed by atoms with Crippen LogP contribution in [0.25, 0.3) is 0 Å². The summed E-state index contributed by atoms with van der Waals surface area (Å²) in [5.74, 6) is -0.767. The van der Waals surface area contributed by atoms with Gasteiger partial charge in [-0.2, -0.15) is 0 Å². The van der Waals surface area contributed by atoms with E-state index in [4.69, 9.17) is 5.11 Å². The highest BCUT2D eigenvalue weighted by atomic mass is 35.5. The van der Waals surface area contributed by atoms with Crippen LogP contribution in [-0.2, 0) is 17.6 Å². The molecule has 1 heterocycles. The minimum absolute atomic E-state index is 0. The molecular weight excluding hydrogens is 286 g/mol. The van der Waals surface area contributed by atoms with Gasteiger partial charge in [0.05, 0.1) is 5.41 Å². The lowest BCUT2D eigenvalue weighted by molar-refractivity contribution is -0.146. The number of hydrogen-bond donors (Lipinski definition) is 1. The lowest BCUT2D eigenvalue weighted by Gasteiger charge is -2.19. The summed E-state index contributed by atoms with van der Waals surface area (Å²) in [6.45, 7) is 3.50. The third-order valence-corrected chi connectivity index (χ3v) is 3.38. The second-order valence-electron chi connectivity index (χ2n) is 5.72. The van der Waals surface area contributed by atoms with Gasteiger partial charge in [-0.25, -0.2) is 0 Å². The Morgan fingerprint density at radius 2 is 1.71 bits per heavy atom. The predicted octanol–water partition coefficient (Wildman–Crippen LogP) is 3.75. The Morgan fingerprint density at radius 1 is 1.10 bits per heavy atom. The first-order valence-electron chi connectivity index (χ1n) is 6.67. The van der Waals surface area contributed by atoms with E-state index < -0.39 is 11.4 Å². The molecule has 1 aromatic carbocycles. The van der Waals surface area contributed by atoms with Crippen molar-refractivity contribution in [1.82, 2.24) is 4.98 Å². The van der Waals surface area contributed by atoms with E-state index in [0.717, 1.165) is 12.0 Å². The molecule has 0 unspecified atom stereocenters. The first kappa shape index (κ1) is 17.2. The number of aromatic nitrogens is 1. The fraction of sp³-hybridized carbons (Fsp3) is 0.294. The third kappa shape index (κ3) is 4.87. The van der Waals surface area contributed by atoms with Crippen LogP contribution in [0.1, 0.15) is 30.5 Å². The molecule has 0 bridgehead atoms. The molecule has 0 saturated carbocycles. The van der Waals surface area contributed by atoms with Gasteiger partial charge in [-0.15, -0.1) is 12.4 Å². The van der Waals surface area contributed by atoms with E-state index in [1.54, 1.807) is 20.0 Å². The summed E-state index contributed by atoms with van der Waals surface area (Å²) in [6, 6.07) is 12.1. The number of rotatable bonds is 5. The van der Waals surface area contributed by atoms with Crippen molar-refractivity contribution in [2.45, 2.75) is 26.7 Å². The summed E-state index contributed by atoms with van der Waals surface area (Å²) in [6.07, 6.45) is 5.01. The van der Waals surface area contributed by atoms with Gasteiger partial charge >= 0.3 is 5.97 Å². The van der Waals surface area contributed by atoms with Crippen LogP contribution in [0.5, 0.6) is 0 Å². The molecule has 0 radical (unpaired) electrons. The van der Waals surface area contributed by atoms with Crippen LogP contribution in [0.2, 0.25) is 0 Å². The Hall–Kier alpha value is -1.87. The van der Waals surface area contributed by atoms with Crippen molar-refractivity contribution in [3.05, 3.63) is 65.5 Å². The SMILES string of the molecule is CC(C)(Cc1ccc(Cc2cccnc2)cc1)C(=O)O.Cl. The van der Waals surface area contributed by atoms with Gasteiger partial charge in [-0.3, -0.25) is 9.78 Å². The molecule has 112 valence electrons. The van der Waals surface area contributed by atoms with E-state index in [9.17, 15) is 4.79 Å². The lowest BCUT2D eigenvalue weighted by atomic mass is 9.85. The maximum atomic E-state index is 11.1. The van der Waals surface area contributed by atoms with Crippen LogP contribution in [-0.4, -0.2) is 16.1 Å². The van der Waals surface area contributed by atoms with Crippen molar-refractivity contribution in [2.75, 3.05) is 0 Å². The second-order valence-corrected chi connectivity index (χ2v) is 5.72. The van der Waals surface area contributed by atoms with E-state index in [1.807, 2.05) is 24.4 Å². The summed E-state index contributed by atoms with van der Waals surface area (Å²) in [5, 5.41) is 9.15. The van der Waals surface area contributed by atoms with Gasteiger partial charge in [0.15, 0.2) is 0 Å². The molecule has 0 spiro atoms. The Labute approximate surface area is 131 Å². The number of nitrogens with zero attached hydrogens (tertiary/aromatic N) is 1. The summed E-state index contributed by atoms with van der Waals surface area (Å²) in [4.78, 5) is 15.2. The number of hydrogen-bond acceptors (Lipinski definition) is 2. The van der Waals surface area contributed by atoms with E-state index in [1.165, 1.54) is 11.1 Å². The molecule has 4 heteroatoms. The van der Waals surface area contributed by atoms with Gasteiger partial charge in [-0.05, 0) is 49.4 Å². The van der Waals surface area contributed by atoms with Crippen molar-refractivity contribution in [2.24, 2.45) is 5.41 Å². The molecule has 2 aromatic rings. The van der Waals surface area contributed by atoms with Crippen LogP contribution in [0, 0.1) is 5.41 Å². The van der Waals surface area contributed by atoms with E-state index in [0.29, 0.717) is 6.42 Å². The summed E-state index contributed by atoms with van der Waals surface area (Å²) in [5.41, 5.74) is 2.69. The Morgan fingerprint density at radius 3 is 2.24 bits per heavy atom. The van der Waals surface area contributed by atoms with Crippen LogP contribution in [0.3, 0.4) is 0 Å². The molecule has 21 heavy (non-hydrogen) atoms. The number of carbonyl (C=O) groups is 1. The molecule has 0 fully saturated rings. The highest BCUT2D eigenvalue weighted by Gasteiger charge is 2.27. The topological polar surface area (TPSA) is 50.2 Å². The zero-order chi connectivity index (χ0) is 14.6. The average Bonchev–Trinajstić information content (AvgIpc) is 2.42. The number of benzene rings is 1.